The summed E-state index contributed by atoms with van der Waals surface area (Å²) in [4.78, 5) is 26.8. The number of aryl methyl sites for hydroxylation is 1. The molecule has 0 saturated carbocycles. The van der Waals surface area contributed by atoms with Gasteiger partial charge in [-0.05, 0) is 56.2 Å². The SMILES string of the molecule is CCN(C(=O)CCCC(=O)c1ccc2c(c1)OCCO2)c1cccc(C)c1. The number of hydrogen-bond acceptors (Lipinski definition) is 4. The first-order valence-corrected chi connectivity index (χ1v) is 9.38. The number of benzene rings is 2. The monoisotopic (exact) mass is 367 g/mol. The minimum atomic E-state index is 0.0124. The fourth-order valence-electron chi connectivity index (χ4n) is 3.20. The minimum Gasteiger partial charge on any atom is -0.486 e. The molecule has 2 aromatic rings. The van der Waals surface area contributed by atoms with Crippen molar-refractivity contribution >= 4 is 17.4 Å². The molecule has 0 aromatic heterocycles. The first-order chi connectivity index (χ1) is 13.1. The maximum Gasteiger partial charge on any atom is 0.226 e. The van der Waals surface area contributed by atoms with Gasteiger partial charge in [-0.25, -0.2) is 0 Å². The zero-order chi connectivity index (χ0) is 19.2. The molecule has 0 unspecified atom stereocenters. The van der Waals surface area contributed by atoms with E-state index in [1.165, 1.54) is 0 Å². The molecule has 5 nitrogen and oxygen atoms in total. The highest BCUT2D eigenvalue weighted by atomic mass is 16.6. The average molecular weight is 367 g/mol. The van der Waals surface area contributed by atoms with E-state index in [0.29, 0.717) is 56.1 Å². The highest BCUT2D eigenvalue weighted by Gasteiger charge is 2.17. The molecule has 142 valence electrons. The third-order valence-corrected chi connectivity index (χ3v) is 4.59. The second kappa shape index (κ2) is 8.71. The molecule has 0 radical (unpaired) electrons. The topological polar surface area (TPSA) is 55.8 Å². The Labute approximate surface area is 159 Å². The highest BCUT2D eigenvalue weighted by molar-refractivity contribution is 5.97. The number of rotatable bonds is 7. The van der Waals surface area contributed by atoms with Gasteiger partial charge >= 0.3 is 0 Å². The van der Waals surface area contributed by atoms with Crippen molar-refractivity contribution in [1.82, 2.24) is 0 Å². The summed E-state index contributed by atoms with van der Waals surface area (Å²) in [5.41, 5.74) is 2.62. The van der Waals surface area contributed by atoms with Crippen LogP contribution in [-0.4, -0.2) is 31.4 Å². The van der Waals surface area contributed by atoms with Gasteiger partial charge in [-0.1, -0.05) is 12.1 Å². The smallest absolute Gasteiger partial charge is 0.226 e. The molecule has 0 fully saturated rings. The van der Waals surface area contributed by atoms with E-state index in [1.54, 1.807) is 23.1 Å². The number of ether oxygens (including phenoxy) is 2. The van der Waals surface area contributed by atoms with E-state index in [2.05, 4.69) is 0 Å². The Morgan fingerprint density at radius 2 is 1.78 bits per heavy atom. The molecule has 0 bridgehead atoms. The number of Topliss-reactive ketones (excluding diaryl/α,β-unsaturated/α-hetero) is 1. The maximum atomic E-state index is 12.6. The van der Waals surface area contributed by atoms with Gasteiger partial charge in [-0.15, -0.1) is 0 Å². The summed E-state index contributed by atoms with van der Waals surface area (Å²) in [7, 11) is 0. The molecule has 0 spiro atoms. The molecule has 0 saturated heterocycles. The van der Waals surface area contributed by atoms with Crippen molar-refractivity contribution in [3.05, 3.63) is 53.6 Å². The van der Waals surface area contributed by atoms with Crippen molar-refractivity contribution in [3.63, 3.8) is 0 Å². The minimum absolute atomic E-state index is 0.0124. The lowest BCUT2D eigenvalue weighted by Gasteiger charge is -2.21. The Hall–Kier alpha value is -2.82. The Bertz CT molecular complexity index is 831. The molecule has 1 aliphatic rings. The fourth-order valence-corrected chi connectivity index (χ4v) is 3.20. The number of hydrogen-bond donors (Lipinski definition) is 0. The molecular formula is C22H25NO4. The summed E-state index contributed by atoms with van der Waals surface area (Å²) in [5.74, 6) is 1.33. The highest BCUT2D eigenvalue weighted by Crippen LogP contribution is 2.31. The molecule has 27 heavy (non-hydrogen) atoms. The summed E-state index contributed by atoms with van der Waals surface area (Å²) in [6.07, 6.45) is 1.20. The van der Waals surface area contributed by atoms with Gasteiger partial charge < -0.3 is 14.4 Å². The quantitative estimate of drug-likeness (QED) is 0.689. The average Bonchev–Trinajstić information content (AvgIpc) is 2.68. The number of amides is 1. The van der Waals surface area contributed by atoms with Crippen LogP contribution in [0.5, 0.6) is 11.5 Å². The van der Waals surface area contributed by atoms with Crippen LogP contribution in [-0.2, 0) is 4.79 Å². The molecule has 0 atom stereocenters. The van der Waals surface area contributed by atoms with Crippen molar-refractivity contribution in [3.8, 4) is 11.5 Å². The van der Waals surface area contributed by atoms with Crippen LogP contribution in [0.4, 0.5) is 5.69 Å². The predicted molar refractivity (Wildman–Crippen MR) is 105 cm³/mol. The molecule has 0 N–H and O–H groups in total. The summed E-state index contributed by atoms with van der Waals surface area (Å²) >= 11 is 0. The number of carbonyl (C=O) groups is 2. The first kappa shape index (κ1) is 19.0. The molecule has 3 rings (SSSR count). The molecule has 2 aromatic carbocycles. The van der Waals surface area contributed by atoms with E-state index in [1.807, 2.05) is 38.1 Å². The number of anilines is 1. The Morgan fingerprint density at radius 1 is 1.00 bits per heavy atom. The van der Waals surface area contributed by atoms with E-state index in [4.69, 9.17) is 9.47 Å². The molecule has 1 amide bonds. The molecular weight excluding hydrogens is 342 g/mol. The fraction of sp³-hybridized carbons (Fsp3) is 0.364. The van der Waals surface area contributed by atoms with Gasteiger partial charge in [0.15, 0.2) is 17.3 Å². The van der Waals surface area contributed by atoms with Crippen LogP contribution in [0.3, 0.4) is 0 Å². The Balaban J connectivity index is 1.55. The van der Waals surface area contributed by atoms with Crippen molar-refractivity contribution in [1.29, 1.82) is 0 Å². The number of ketones is 1. The van der Waals surface area contributed by atoms with Gasteiger partial charge in [0.1, 0.15) is 13.2 Å². The standard InChI is InChI=1S/C22H25NO4/c1-3-23(18-7-4-6-16(2)14-18)22(25)9-5-8-19(24)17-10-11-20-21(15-17)27-13-12-26-20/h4,6-7,10-11,14-15H,3,5,8-9,12-13H2,1-2H3. The van der Waals surface area contributed by atoms with Crippen molar-refractivity contribution in [2.75, 3.05) is 24.7 Å². The van der Waals surface area contributed by atoms with Crippen LogP contribution in [0, 0.1) is 6.92 Å². The van der Waals surface area contributed by atoms with E-state index < -0.39 is 0 Å². The zero-order valence-corrected chi connectivity index (χ0v) is 15.9. The first-order valence-electron chi connectivity index (χ1n) is 9.38. The number of carbonyl (C=O) groups excluding carboxylic acids is 2. The molecule has 5 heteroatoms. The molecule has 0 aliphatic carbocycles. The van der Waals surface area contributed by atoms with Crippen LogP contribution in [0.1, 0.15) is 42.1 Å². The van der Waals surface area contributed by atoms with E-state index in [9.17, 15) is 9.59 Å². The second-order valence-corrected chi connectivity index (χ2v) is 6.61. The zero-order valence-electron chi connectivity index (χ0n) is 15.9. The van der Waals surface area contributed by atoms with Crippen LogP contribution in [0.15, 0.2) is 42.5 Å². The summed E-state index contributed by atoms with van der Waals surface area (Å²) in [5, 5.41) is 0. The van der Waals surface area contributed by atoms with Crippen LogP contribution in [0.25, 0.3) is 0 Å². The van der Waals surface area contributed by atoms with E-state index >= 15 is 0 Å². The van der Waals surface area contributed by atoms with Gasteiger partial charge in [0.05, 0.1) is 0 Å². The van der Waals surface area contributed by atoms with Crippen molar-refractivity contribution < 1.29 is 19.1 Å². The van der Waals surface area contributed by atoms with Gasteiger partial charge in [-0.2, -0.15) is 0 Å². The van der Waals surface area contributed by atoms with Crippen molar-refractivity contribution in [2.45, 2.75) is 33.1 Å². The molecule has 1 aliphatic heterocycles. The lowest BCUT2D eigenvalue weighted by atomic mass is 10.0. The predicted octanol–water partition coefficient (Wildman–Crippen LogP) is 4.17. The number of nitrogens with zero attached hydrogens (tertiary/aromatic N) is 1. The van der Waals surface area contributed by atoms with Gasteiger partial charge in [0.25, 0.3) is 0 Å². The Morgan fingerprint density at radius 3 is 2.52 bits per heavy atom. The summed E-state index contributed by atoms with van der Waals surface area (Å²) in [6.45, 7) is 5.59. The van der Waals surface area contributed by atoms with E-state index in [-0.39, 0.29) is 11.7 Å². The maximum absolute atomic E-state index is 12.6. The van der Waals surface area contributed by atoms with Crippen LogP contribution >= 0.6 is 0 Å². The summed E-state index contributed by atoms with van der Waals surface area (Å²) in [6, 6.07) is 13.1. The second-order valence-electron chi connectivity index (χ2n) is 6.61. The summed E-state index contributed by atoms with van der Waals surface area (Å²) < 4.78 is 11.0. The van der Waals surface area contributed by atoms with Crippen molar-refractivity contribution in [2.24, 2.45) is 0 Å². The van der Waals surface area contributed by atoms with Gasteiger partial charge in [-0.3, -0.25) is 9.59 Å². The van der Waals surface area contributed by atoms with Gasteiger partial charge in [0.2, 0.25) is 5.91 Å². The van der Waals surface area contributed by atoms with Crippen LogP contribution in [0.2, 0.25) is 0 Å². The normalized spacial score (nSPS) is 12.5. The van der Waals surface area contributed by atoms with E-state index in [0.717, 1.165) is 11.3 Å². The lowest BCUT2D eigenvalue weighted by Crippen LogP contribution is -2.30. The third kappa shape index (κ3) is 4.67. The molecule has 1 heterocycles. The number of fused-ring (bicyclic) bond motifs is 1. The van der Waals surface area contributed by atoms with Crippen LogP contribution < -0.4 is 14.4 Å². The third-order valence-electron chi connectivity index (χ3n) is 4.59. The largest absolute Gasteiger partial charge is 0.486 e. The van der Waals surface area contributed by atoms with Gasteiger partial charge in [0, 0.05) is 30.6 Å². The Kier molecular flexibility index (Phi) is 6.12. The lowest BCUT2D eigenvalue weighted by molar-refractivity contribution is -0.118.